The first-order valence-electron chi connectivity index (χ1n) is 6.26. The predicted octanol–water partition coefficient (Wildman–Crippen LogP) is 0.830. The van der Waals surface area contributed by atoms with E-state index < -0.39 is 0 Å². The zero-order chi connectivity index (χ0) is 13.1. The monoisotopic (exact) mass is 248 g/mol. The topological polar surface area (TPSA) is 62.5 Å². The molecule has 1 aliphatic heterocycles. The van der Waals surface area contributed by atoms with Gasteiger partial charge < -0.3 is 15.5 Å². The molecule has 1 fully saturated rings. The number of likely N-dealkylation sites (tertiary alicyclic amines) is 1. The number of pyridine rings is 1. The number of carbonyl (C=O) groups is 1. The Morgan fingerprint density at radius 3 is 2.78 bits per heavy atom. The Labute approximate surface area is 108 Å². The number of hydrogen-bond donors (Lipinski definition) is 1. The first-order chi connectivity index (χ1) is 8.59. The van der Waals surface area contributed by atoms with Crippen LogP contribution >= 0.6 is 0 Å². The predicted molar refractivity (Wildman–Crippen MR) is 71.3 cm³/mol. The number of nitrogens with zero attached hydrogens (tertiary/aromatic N) is 3. The fraction of sp³-hybridized carbons (Fsp3) is 0.538. The molecule has 98 valence electrons. The molecule has 0 spiro atoms. The van der Waals surface area contributed by atoms with E-state index in [0.29, 0.717) is 17.4 Å². The minimum atomic E-state index is -0.0323. The number of anilines is 1. The smallest absolute Gasteiger partial charge is 0.257 e. The summed E-state index contributed by atoms with van der Waals surface area (Å²) in [6, 6.07) is 3.77. The van der Waals surface area contributed by atoms with Crippen molar-refractivity contribution < 1.29 is 4.79 Å². The number of carbonyl (C=O) groups excluding carboxylic acids is 1. The fourth-order valence-electron chi connectivity index (χ4n) is 2.34. The molecule has 0 unspecified atom stereocenters. The van der Waals surface area contributed by atoms with Gasteiger partial charge in [-0.15, -0.1) is 0 Å². The average Bonchev–Trinajstić information content (AvgIpc) is 2.38. The van der Waals surface area contributed by atoms with Gasteiger partial charge in [0, 0.05) is 19.3 Å². The van der Waals surface area contributed by atoms with Crippen molar-refractivity contribution in [3.05, 3.63) is 23.9 Å². The molecule has 1 amide bonds. The van der Waals surface area contributed by atoms with E-state index in [4.69, 9.17) is 5.73 Å². The third-order valence-corrected chi connectivity index (χ3v) is 3.63. The van der Waals surface area contributed by atoms with E-state index in [2.05, 4.69) is 16.9 Å². The Kier molecular flexibility index (Phi) is 3.81. The highest BCUT2D eigenvalue weighted by atomic mass is 16.2. The van der Waals surface area contributed by atoms with Crippen molar-refractivity contribution in [1.82, 2.24) is 14.8 Å². The van der Waals surface area contributed by atoms with Crippen LogP contribution in [0.5, 0.6) is 0 Å². The van der Waals surface area contributed by atoms with Gasteiger partial charge in [0.15, 0.2) is 0 Å². The number of nitrogen functional groups attached to an aromatic ring is 1. The Morgan fingerprint density at radius 2 is 2.17 bits per heavy atom. The van der Waals surface area contributed by atoms with Gasteiger partial charge >= 0.3 is 0 Å². The standard InChI is InChI=1S/C13H20N4O/c1-16-8-5-10(6-9-16)17(2)13(18)11-4-3-7-15-12(11)14/h3-4,7,10H,5-6,8-9H2,1-2H3,(H2,14,15). The van der Waals surface area contributed by atoms with E-state index in [0.717, 1.165) is 25.9 Å². The lowest BCUT2D eigenvalue weighted by Gasteiger charge is -2.35. The number of nitrogens with two attached hydrogens (primary N) is 1. The van der Waals surface area contributed by atoms with Gasteiger partial charge in [0.05, 0.1) is 5.56 Å². The maximum absolute atomic E-state index is 12.3. The minimum absolute atomic E-state index is 0.0323. The van der Waals surface area contributed by atoms with Crippen molar-refractivity contribution >= 4 is 11.7 Å². The van der Waals surface area contributed by atoms with Gasteiger partial charge in [-0.25, -0.2) is 4.98 Å². The number of piperidine rings is 1. The maximum atomic E-state index is 12.3. The summed E-state index contributed by atoms with van der Waals surface area (Å²) < 4.78 is 0. The Morgan fingerprint density at radius 1 is 1.50 bits per heavy atom. The van der Waals surface area contributed by atoms with Crippen LogP contribution in [0.15, 0.2) is 18.3 Å². The summed E-state index contributed by atoms with van der Waals surface area (Å²) in [5, 5.41) is 0. The van der Waals surface area contributed by atoms with Gasteiger partial charge in [0.25, 0.3) is 5.91 Å². The molecule has 18 heavy (non-hydrogen) atoms. The quantitative estimate of drug-likeness (QED) is 0.842. The van der Waals surface area contributed by atoms with Crippen molar-refractivity contribution in [2.45, 2.75) is 18.9 Å². The molecule has 2 N–H and O–H groups in total. The van der Waals surface area contributed by atoms with Gasteiger partial charge in [0.2, 0.25) is 0 Å². The lowest BCUT2D eigenvalue weighted by atomic mass is 10.0. The number of rotatable bonds is 2. The molecule has 0 saturated carbocycles. The van der Waals surface area contributed by atoms with Crippen LogP contribution in [0.2, 0.25) is 0 Å². The van der Waals surface area contributed by atoms with Gasteiger partial charge in [-0.3, -0.25) is 4.79 Å². The van der Waals surface area contributed by atoms with E-state index in [1.165, 1.54) is 0 Å². The van der Waals surface area contributed by atoms with Gasteiger partial charge in [-0.05, 0) is 45.1 Å². The highest BCUT2D eigenvalue weighted by Gasteiger charge is 2.25. The van der Waals surface area contributed by atoms with Crippen LogP contribution in [0.4, 0.5) is 5.82 Å². The minimum Gasteiger partial charge on any atom is -0.383 e. The van der Waals surface area contributed by atoms with Crippen molar-refractivity contribution in [2.75, 3.05) is 32.9 Å². The van der Waals surface area contributed by atoms with E-state index in [1.54, 1.807) is 23.2 Å². The summed E-state index contributed by atoms with van der Waals surface area (Å²) in [5.74, 6) is 0.275. The van der Waals surface area contributed by atoms with Crippen LogP contribution in [0.25, 0.3) is 0 Å². The molecule has 0 atom stereocenters. The van der Waals surface area contributed by atoms with Crippen LogP contribution in [-0.4, -0.2) is 53.9 Å². The Balaban J connectivity index is 2.07. The largest absolute Gasteiger partial charge is 0.383 e. The van der Waals surface area contributed by atoms with Gasteiger partial charge in [0.1, 0.15) is 5.82 Å². The molecule has 1 aliphatic rings. The van der Waals surface area contributed by atoms with E-state index in [9.17, 15) is 4.79 Å². The summed E-state index contributed by atoms with van der Waals surface area (Å²) in [5.41, 5.74) is 6.24. The third kappa shape index (κ3) is 2.61. The lowest BCUT2D eigenvalue weighted by Crippen LogP contribution is -2.44. The molecule has 1 aromatic heterocycles. The molecule has 5 nitrogen and oxygen atoms in total. The fourth-order valence-corrected chi connectivity index (χ4v) is 2.34. The van der Waals surface area contributed by atoms with Crippen LogP contribution in [-0.2, 0) is 0 Å². The summed E-state index contributed by atoms with van der Waals surface area (Å²) in [6.45, 7) is 2.07. The second-order valence-electron chi connectivity index (χ2n) is 4.89. The number of aromatic nitrogens is 1. The highest BCUT2D eigenvalue weighted by molar-refractivity contribution is 5.98. The number of amides is 1. The second-order valence-corrected chi connectivity index (χ2v) is 4.89. The molecule has 0 aromatic carbocycles. The van der Waals surface area contributed by atoms with Gasteiger partial charge in [-0.1, -0.05) is 0 Å². The summed E-state index contributed by atoms with van der Waals surface area (Å²) in [7, 11) is 3.96. The lowest BCUT2D eigenvalue weighted by molar-refractivity contribution is 0.0660. The summed E-state index contributed by atoms with van der Waals surface area (Å²) in [4.78, 5) is 20.4. The molecule has 0 bridgehead atoms. The van der Waals surface area contributed by atoms with E-state index in [1.807, 2.05) is 7.05 Å². The molecule has 5 heteroatoms. The van der Waals surface area contributed by atoms with Crippen molar-refractivity contribution in [1.29, 1.82) is 0 Å². The molecular weight excluding hydrogens is 228 g/mol. The SMILES string of the molecule is CN1CCC(N(C)C(=O)c2cccnc2N)CC1. The van der Waals surface area contributed by atoms with Crippen LogP contribution < -0.4 is 5.73 Å². The molecule has 0 radical (unpaired) electrons. The van der Waals surface area contributed by atoms with Crippen molar-refractivity contribution in [3.63, 3.8) is 0 Å². The molecular formula is C13H20N4O. The Hall–Kier alpha value is -1.62. The van der Waals surface area contributed by atoms with E-state index >= 15 is 0 Å². The first-order valence-corrected chi connectivity index (χ1v) is 6.26. The first kappa shape index (κ1) is 12.8. The molecule has 1 saturated heterocycles. The zero-order valence-corrected chi connectivity index (χ0v) is 11.0. The zero-order valence-electron chi connectivity index (χ0n) is 11.0. The molecule has 2 heterocycles. The summed E-state index contributed by atoms with van der Waals surface area (Å²) >= 11 is 0. The number of hydrogen-bond acceptors (Lipinski definition) is 4. The molecule has 1 aromatic rings. The van der Waals surface area contributed by atoms with Crippen LogP contribution in [0.1, 0.15) is 23.2 Å². The Bertz CT molecular complexity index is 427. The molecule has 2 rings (SSSR count). The highest BCUT2D eigenvalue weighted by Crippen LogP contribution is 2.18. The van der Waals surface area contributed by atoms with Crippen molar-refractivity contribution in [2.24, 2.45) is 0 Å². The van der Waals surface area contributed by atoms with Crippen LogP contribution in [0.3, 0.4) is 0 Å². The maximum Gasteiger partial charge on any atom is 0.257 e. The normalized spacial score (nSPS) is 17.7. The second kappa shape index (κ2) is 5.35. The van der Waals surface area contributed by atoms with Crippen molar-refractivity contribution in [3.8, 4) is 0 Å². The van der Waals surface area contributed by atoms with Crippen LogP contribution in [0, 0.1) is 0 Å². The average molecular weight is 248 g/mol. The van der Waals surface area contributed by atoms with E-state index in [-0.39, 0.29) is 5.91 Å². The molecule has 0 aliphatic carbocycles. The van der Waals surface area contributed by atoms with Gasteiger partial charge in [-0.2, -0.15) is 0 Å². The third-order valence-electron chi connectivity index (χ3n) is 3.63. The summed E-state index contributed by atoms with van der Waals surface area (Å²) in [6.07, 6.45) is 3.62.